The van der Waals surface area contributed by atoms with E-state index in [1.807, 2.05) is 0 Å². The Balaban J connectivity index is 2.13. The summed E-state index contributed by atoms with van der Waals surface area (Å²) >= 11 is 0. The molecule has 0 spiro atoms. The maximum atomic E-state index is 9.03. The third kappa shape index (κ3) is 1.63. The van der Waals surface area contributed by atoms with E-state index in [0.29, 0.717) is 13.2 Å². The summed E-state index contributed by atoms with van der Waals surface area (Å²) in [4.78, 5) is 0. The van der Waals surface area contributed by atoms with Crippen LogP contribution in [0.25, 0.3) is 0 Å². The third-order valence-electron chi connectivity index (χ3n) is 3.65. The fourth-order valence-corrected chi connectivity index (χ4v) is 2.90. The van der Waals surface area contributed by atoms with Crippen molar-refractivity contribution in [2.45, 2.75) is 25.7 Å². The maximum Gasteiger partial charge on any atom is 0.168 e. The molecule has 2 heterocycles. The fraction of sp³-hybridized carbons (Fsp3) is 0.571. The third-order valence-corrected chi connectivity index (χ3v) is 3.65. The second-order valence-electron chi connectivity index (χ2n) is 4.65. The molecule has 18 heavy (non-hydrogen) atoms. The van der Waals surface area contributed by atoms with Crippen molar-refractivity contribution in [3.8, 4) is 17.2 Å². The van der Waals surface area contributed by atoms with E-state index < -0.39 is 0 Å². The van der Waals surface area contributed by atoms with Gasteiger partial charge in [0.15, 0.2) is 11.5 Å². The van der Waals surface area contributed by atoms with Crippen LogP contribution in [-0.2, 0) is 19.3 Å². The molecule has 1 aromatic rings. The molecule has 0 bridgehead atoms. The second kappa shape index (κ2) is 4.69. The van der Waals surface area contributed by atoms with E-state index in [2.05, 4.69) is 0 Å². The molecule has 1 aromatic carbocycles. The first-order chi connectivity index (χ1) is 8.86. The van der Waals surface area contributed by atoms with Crippen LogP contribution in [0.3, 0.4) is 0 Å². The molecule has 1 N–H and O–H groups in total. The van der Waals surface area contributed by atoms with Gasteiger partial charge in [-0.3, -0.25) is 0 Å². The fourth-order valence-electron chi connectivity index (χ4n) is 2.90. The van der Waals surface area contributed by atoms with Crippen LogP contribution in [0, 0.1) is 0 Å². The van der Waals surface area contributed by atoms with Crippen LogP contribution in [0.1, 0.15) is 23.1 Å². The number of hydrogen-bond donors (Lipinski definition) is 1. The SMILES string of the molecule is COc1c2c(c(CCCO)c3c1OCC3)OCC2. The first-order valence-electron chi connectivity index (χ1n) is 6.47. The molecule has 0 fully saturated rings. The summed E-state index contributed by atoms with van der Waals surface area (Å²) in [5, 5.41) is 9.03. The van der Waals surface area contributed by atoms with Crippen LogP contribution in [0.15, 0.2) is 0 Å². The molecule has 4 nitrogen and oxygen atoms in total. The van der Waals surface area contributed by atoms with Crippen molar-refractivity contribution in [2.24, 2.45) is 0 Å². The highest BCUT2D eigenvalue weighted by Gasteiger charge is 2.31. The first kappa shape index (κ1) is 11.7. The predicted molar refractivity (Wildman–Crippen MR) is 66.8 cm³/mol. The summed E-state index contributed by atoms with van der Waals surface area (Å²) in [5.41, 5.74) is 3.55. The number of aliphatic hydroxyl groups excluding tert-OH is 1. The molecular formula is C14H18O4. The van der Waals surface area contributed by atoms with Gasteiger partial charge < -0.3 is 19.3 Å². The van der Waals surface area contributed by atoms with Gasteiger partial charge in [0.25, 0.3) is 0 Å². The Hall–Kier alpha value is -1.42. The highest BCUT2D eigenvalue weighted by Crippen LogP contribution is 2.49. The lowest BCUT2D eigenvalue weighted by atomic mass is 9.95. The van der Waals surface area contributed by atoms with E-state index in [9.17, 15) is 0 Å². The Morgan fingerprint density at radius 1 is 1.11 bits per heavy atom. The lowest BCUT2D eigenvalue weighted by molar-refractivity contribution is 0.287. The Labute approximate surface area is 106 Å². The molecule has 0 aliphatic carbocycles. The van der Waals surface area contributed by atoms with Crippen molar-refractivity contribution in [3.63, 3.8) is 0 Å². The van der Waals surface area contributed by atoms with Gasteiger partial charge in [0.2, 0.25) is 0 Å². The summed E-state index contributed by atoms with van der Waals surface area (Å²) in [6.45, 7) is 1.62. The number of aliphatic hydroxyl groups is 1. The van der Waals surface area contributed by atoms with Gasteiger partial charge in [-0.1, -0.05) is 0 Å². The van der Waals surface area contributed by atoms with Gasteiger partial charge in [-0.05, 0) is 12.8 Å². The van der Waals surface area contributed by atoms with Gasteiger partial charge >= 0.3 is 0 Å². The topological polar surface area (TPSA) is 47.9 Å². The van der Waals surface area contributed by atoms with E-state index in [1.165, 1.54) is 11.1 Å². The van der Waals surface area contributed by atoms with Gasteiger partial charge in [0, 0.05) is 36.1 Å². The highest BCUT2D eigenvalue weighted by atomic mass is 16.5. The Bertz CT molecular complexity index is 432. The number of ether oxygens (including phenoxy) is 3. The van der Waals surface area contributed by atoms with Gasteiger partial charge in [-0.15, -0.1) is 0 Å². The smallest absolute Gasteiger partial charge is 0.168 e. The predicted octanol–water partition coefficient (Wildman–Crippen LogP) is 1.49. The molecule has 4 heteroatoms. The largest absolute Gasteiger partial charge is 0.493 e. The summed E-state index contributed by atoms with van der Waals surface area (Å²) in [6, 6.07) is 0. The Kier molecular flexibility index (Phi) is 3.04. The standard InChI is InChI=1S/C14H18O4/c1-16-13-11-5-8-17-12(11)9(3-2-6-15)10-4-7-18-14(10)13/h15H,2-8H2,1H3. The Morgan fingerprint density at radius 3 is 2.56 bits per heavy atom. The van der Waals surface area contributed by atoms with Crippen LogP contribution in [-0.4, -0.2) is 32.0 Å². The molecule has 0 radical (unpaired) electrons. The first-order valence-corrected chi connectivity index (χ1v) is 6.47. The van der Waals surface area contributed by atoms with Crippen molar-refractivity contribution >= 4 is 0 Å². The van der Waals surface area contributed by atoms with Crippen LogP contribution < -0.4 is 14.2 Å². The minimum Gasteiger partial charge on any atom is -0.493 e. The molecule has 0 atom stereocenters. The molecule has 2 aliphatic rings. The zero-order chi connectivity index (χ0) is 12.5. The minimum atomic E-state index is 0.205. The van der Waals surface area contributed by atoms with Crippen LogP contribution in [0.5, 0.6) is 17.2 Å². The molecule has 0 aromatic heterocycles. The van der Waals surface area contributed by atoms with Gasteiger partial charge in [0.1, 0.15) is 5.75 Å². The van der Waals surface area contributed by atoms with Crippen molar-refractivity contribution in [2.75, 3.05) is 26.9 Å². The molecule has 0 amide bonds. The average molecular weight is 250 g/mol. The number of hydrogen-bond acceptors (Lipinski definition) is 4. The second-order valence-corrected chi connectivity index (χ2v) is 4.65. The average Bonchev–Trinajstić information content (AvgIpc) is 3.02. The minimum absolute atomic E-state index is 0.205. The number of methoxy groups -OCH3 is 1. The molecule has 0 saturated carbocycles. The van der Waals surface area contributed by atoms with E-state index in [4.69, 9.17) is 19.3 Å². The van der Waals surface area contributed by atoms with E-state index >= 15 is 0 Å². The number of rotatable bonds is 4. The summed E-state index contributed by atoms with van der Waals surface area (Å²) in [5.74, 6) is 2.72. The van der Waals surface area contributed by atoms with E-state index in [1.54, 1.807) is 7.11 Å². The quantitative estimate of drug-likeness (QED) is 0.879. The highest BCUT2D eigenvalue weighted by molar-refractivity contribution is 5.65. The van der Waals surface area contributed by atoms with Crippen molar-refractivity contribution in [3.05, 3.63) is 16.7 Å². The Morgan fingerprint density at radius 2 is 1.83 bits per heavy atom. The lowest BCUT2D eigenvalue weighted by Gasteiger charge is -2.16. The summed E-state index contributed by atoms with van der Waals surface area (Å²) in [6.07, 6.45) is 3.38. The summed E-state index contributed by atoms with van der Waals surface area (Å²) < 4.78 is 17.0. The number of fused-ring (bicyclic) bond motifs is 2. The maximum absolute atomic E-state index is 9.03. The normalized spacial score (nSPS) is 15.9. The molecule has 2 aliphatic heterocycles. The lowest BCUT2D eigenvalue weighted by Crippen LogP contribution is -2.00. The summed E-state index contributed by atoms with van der Waals surface area (Å²) in [7, 11) is 1.68. The zero-order valence-electron chi connectivity index (χ0n) is 10.6. The molecule has 3 rings (SSSR count). The molecule has 0 unspecified atom stereocenters. The van der Waals surface area contributed by atoms with Gasteiger partial charge in [0.05, 0.1) is 20.3 Å². The van der Waals surface area contributed by atoms with Crippen molar-refractivity contribution in [1.82, 2.24) is 0 Å². The molecule has 98 valence electrons. The zero-order valence-corrected chi connectivity index (χ0v) is 10.6. The molecular weight excluding hydrogens is 232 g/mol. The van der Waals surface area contributed by atoms with Crippen molar-refractivity contribution < 1.29 is 19.3 Å². The van der Waals surface area contributed by atoms with Gasteiger partial charge in [-0.25, -0.2) is 0 Å². The number of benzene rings is 1. The van der Waals surface area contributed by atoms with Gasteiger partial charge in [-0.2, -0.15) is 0 Å². The van der Waals surface area contributed by atoms with Crippen LogP contribution in [0.2, 0.25) is 0 Å². The van der Waals surface area contributed by atoms with E-state index in [-0.39, 0.29) is 6.61 Å². The van der Waals surface area contributed by atoms with E-state index in [0.717, 1.165) is 48.5 Å². The van der Waals surface area contributed by atoms with Crippen LogP contribution in [0.4, 0.5) is 0 Å². The van der Waals surface area contributed by atoms with Crippen molar-refractivity contribution in [1.29, 1.82) is 0 Å². The monoisotopic (exact) mass is 250 g/mol. The molecule has 0 saturated heterocycles. The van der Waals surface area contributed by atoms with Crippen LogP contribution >= 0.6 is 0 Å².